The molecule has 0 spiro atoms. The lowest BCUT2D eigenvalue weighted by molar-refractivity contribution is 0.296. The van der Waals surface area contributed by atoms with Crippen molar-refractivity contribution in [2.75, 3.05) is 0 Å². The zero-order chi connectivity index (χ0) is 16.1. The standard InChI is InChI=1S/C20H25NO2/c21-20(16-9-5-2-6-10-16)18-12-11-17(13-19(18)22)23-14-15-7-3-1-4-8-15/h1,3-4,7-8,11-13,16,20,22H,2,5-6,9-10,14,21H2/t20-/m0/s1. The van der Waals surface area contributed by atoms with Gasteiger partial charge in [-0.2, -0.15) is 0 Å². The average molecular weight is 311 g/mol. The Morgan fingerprint density at radius 3 is 2.48 bits per heavy atom. The molecule has 1 aliphatic rings. The Hall–Kier alpha value is -2.00. The van der Waals surface area contributed by atoms with Gasteiger partial charge in [-0.1, -0.05) is 55.7 Å². The second-order valence-corrected chi connectivity index (χ2v) is 6.42. The van der Waals surface area contributed by atoms with E-state index in [4.69, 9.17) is 10.5 Å². The lowest BCUT2D eigenvalue weighted by Gasteiger charge is -2.28. The van der Waals surface area contributed by atoms with E-state index >= 15 is 0 Å². The third-order valence-corrected chi connectivity index (χ3v) is 4.77. The van der Waals surface area contributed by atoms with Gasteiger partial charge < -0.3 is 15.6 Å². The molecule has 3 nitrogen and oxygen atoms in total. The van der Waals surface area contributed by atoms with Crippen molar-refractivity contribution >= 4 is 0 Å². The van der Waals surface area contributed by atoms with Crippen molar-refractivity contribution in [2.24, 2.45) is 11.7 Å². The van der Waals surface area contributed by atoms with Crippen molar-refractivity contribution in [3.8, 4) is 11.5 Å². The minimum absolute atomic E-state index is 0.0847. The Morgan fingerprint density at radius 1 is 1.04 bits per heavy atom. The largest absolute Gasteiger partial charge is 0.507 e. The maximum atomic E-state index is 10.3. The third-order valence-electron chi connectivity index (χ3n) is 4.77. The van der Waals surface area contributed by atoms with E-state index < -0.39 is 0 Å². The van der Waals surface area contributed by atoms with Gasteiger partial charge in [0.2, 0.25) is 0 Å². The van der Waals surface area contributed by atoms with Gasteiger partial charge >= 0.3 is 0 Å². The molecule has 1 aliphatic carbocycles. The minimum Gasteiger partial charge on any atom is -0.507 e. The molecule has 2 aromatic carbocycles. The van der Waals surface area contributed by atoms with Crippen LogP contribution in [0.2, 0.25) is 0 Å². The molecule has 0 bridgehead atoms. The predicted octanol–water partition coefficient (Wildman–Crippen LogP) is 4.55. The van der Waals surface area contributed by atoms with Crippen LogP contribution in [0.1, 0.15) is 49.3 Å². The molecule has 2 aromatic rings. The summed E-state index contributed by atoms with van der Waals surface area (Å²) in [5, 5.41) is 10.3. The molecule has 0 heterocycles. The number of hydrogen-bond acceptors (Lipinski definition) is 3. The fraction of sp³-hybridized carbons (Fsp3) is 0.400. The van der Waals surface area contributed by atoms with Gasteiger partial charge in [0.05, 0.1) is 0 Å². The summed E-state index contributed by atoms with van der Waals surface area (Å²) in [6.07, 6.45) is 6.12. The number of phenols is 1. The van der Waals surface area contributed by atoms with Gasteiger partial charge in [-0.25, -0.2) is 0 Å². The summed E-state index contributed by atoms with van der Waals surface area (Å²) in [7, 11) is 0. The first-order valence-electron chi connectivity index (χ1n) is 8.49. The van der Waals surface area contributed by atoms with E-state index in [2.05, 4.69) is 0 Å². The van der Waals surface area contributed by atoms with E-state index in [0.717, 1.165) is 24.0 Å². The maximum absolute atomic E-state index is 10.3. The fourth-order valence-electron chi connectivity index (χ4n) is 3.38. The lowest BCUT2D eigenvalue weighted by atomic mass is 9.81. The Balaban J connectivity index is 1.65. The summed E-state index contributed by atoms with van der Waals surface area (Å²) in [5.41, 5.74) is 8.33. The van der Waals surface area contributed by atoms with Gasteiger partial charge in [0.15, 0.2) is 0 Å². The Morgan fingerprint density at radius 2 is 1.78 bits per heavy atom. The number of hydrogen-bond donors (Lipinski definition) is 2. The molecule has 0 saturated heterocycles. The van der Waals surface area contributed by atoms with Crippen molar-refractivity contribution < 1.29 is 9.84 Å². The quantitative estimate of drug-likeness (QED) is 0.851. The Bertz CT molecular complexity index is 621. The molecule has 23 heavy (non-hydrogen) atoms. The lowest BCUT2D eigenvalue weighted by Crippen LogP contribution is -2.23. The van der Waals surface area contributed by atoms with Crippen LogP contribution in [0.5, 0.6) is 11.5 Å². The van der Waals surface area contributed by atoms with E-state index in [1.165, 1.54) is 19.3 Å². The van der Waals surface area contributed by atoms with Gasteiger partial charge in [0, 0.05) is 17.7 Å². The van der Waals surface area contributed by atoms with E-state index in [1.807, 2.05) is 42.5 Å². The van der Waals surface area contributed by atoms with Crippen molar-refractivity contribution in [1.29, 1.82) is 0 Å². The fourth-order valence-corrected chi connectivity index (χ4v) is 3.38. The topological polar surface area (TPSA) is 55.5 Å². The van der Waals surface area contributed by atoms with Crippen molar-refractivity contribution in [3.63, 3.8) is 0 Å². The third kappa shape index (κ3) is 4.05. The van der Waals surface area contributed by atoms with Gasteiger partial charge in [-0.15, -0.1) is 0 Å². The normalized spacial score (nSPS) is 16.9. The van der Waals surface area contributed by atoms with E-state index in [1.54, 1.807) is 6.07 Å². The summed E-state index contributed by atoms with van der Waals surface area (Å²) < 4.78 is 5.75. The Labute approximate surface area is 138 Å². The summed E-state index contributed by atoms with van der Waals surface area (Å²) >= 11 is 0. The molecule has 1 atom stereocenters. The van der Waals surface area contributed by atoms with Crippen molar-refractivity contribution in [1.82, 2.24) is 0 Å². The molecule has 122 valence electrons. The summed E-state index contributed by atoms with van der Waals surface area (Å²) in [4.78, 5) is 0. The SMILES string of the molecule is N[C@H](c1ccc(OCc2ccccc2)cc1O)C1CCCCC1. The first-order chi connectivity index (χ1) is 11.2. The molecule has 3 rings (SSSR count). The van der Waals surface area contributed by atoms with Gasteiger partial charge in [-0.3, -0.25) is 0 Å². The smallest absolute Gasteiger partial charge is 0.124 e. The maximum Gasteiger partial charge on any atom is 0.124 e. The predicted molar refractivity (Wildman–Crippen MR) is 92.4 cm³/mol. The summed E-state index contributed by atoms with van der Waals surface area (Å²) in [6, 6.07) is 15.4. The highest BCUT2D eigenvalue weighted by Gasteiger charge is 2.24. The molecule has 3 heteroatoms. The molecular formula is C20H25NO2. The molecule has 0 radical (unpaired) electrons. The highest BCUT2D eigenvalue weighted by molar-refractivity contribution is 5.41. The molecular weight excluding hydrogens is 286 g/mol. The Kier molecular flexibility index (Phi) is 5.19. The number of nitrogens with two attached hydrogens (primary N) is 1. The van der Waals surface area contributed by atoms with Crippen LogP contribution in [0.4, 0.5) is 0 Å². The molecule has 1 saturated carbocycles. The molecule has 0 aromatic heterocycles. The van der Waals surface area contributed by atoms with Crippen LogP contribution in [-0.2, 0) is 6.61 Å². The van der Waals surface area contributed by atoms with Gasteiger partial charge in [0.1, 0.15) is 18.1 Å². The van der Waals surface area contributed by atoms with E-state index in [9.17, 15) is 5.11 Å². The zero-order valence-corrected chi connectivity index (χ0v) is 13.4. The first-order valence-corrected chi connectivity index (χ1v) is 8.49. The van der Waals surface area contributed by atoms with Crippen LogP contribution in [-0.4, -0.2) is 5.11 Å². The number of benzene rings is 2. The molecule has 0 unspecified atom stereocenters. The van der Waals surface area contributed by atoms with Crippen LogP contribution in [0.3, 0.4) is 0 Å². The van der Waals surface area contributed by atoms with Crippen LogP contribution >= 0.6 is 0 Å². The number of aromatic hydroxyl groups is 1. The minimum atomic E-state index is -0.0847. The number of rotatable bonds is 5. The molecule has 0 aliphatic heterocycles. The van der Waals surface area contributed by atoms with Gasteiger partial charge in [0.25, 0.3) is 0 Å². The van der Waals surface area contributed by atoms with Gasteiger partial charge in [-0.05, 0) is 30.4 Å². The molecule has 1 fully saturated rings. The van der Waals surface area contributed by atoms with E-state index in [-0.39, 0.29) is 11.8 Å². The average Bonchev–Trinajstić information content (AvgIpc) is 2.61. The van der Waals surface area contributed by atoms with E-state index in [0.29, 0.717) is 18.3 Å². The summed E-state index contributed by atoms with van der Waals surface area (Å²) in [6.45, 7) is 0.494. The number of phenolic OH excluding ortho intramolecular Hbond substituents is 1. The molecule has 0 amide bonds. The first kappa shape index (κ1) is 15.9. The second kappa shape index (κ2) is 7.51. The molecule has 3 N–H and O–H groups in total. The van der Waals surface area contributed by atoms with Crippen LogP contribution < -0.4 is 10.5 Å². The van der Waals surface area contributed by atoms with Crippen molar-refractivity contribution in [2.45, 2.75) is 44.8 Å². The number of ether oxygens (including phenoxy) is 1. The zero-order valence-electron chi connectivity index (χ0n) is 13.4. The summed E-state index contributed by atoms with van der Waals surface area (Å²) in [5.74, 6) is 1.39. The monoisotopic (exact) mass is 311 g/mol. The highest BCUT2D eigenvalue weighted by Crippen LogP contribution is 2.37. The van der Waals surface area contributed by atoms with Crippen molar-refractivity contribution in [3.05, 3.63) is 59.7 Å². The highest BCUT2D eigenvalue weighted by atomic mass is 16.5. The van der Waals surface area contributed by atoms with Crippen LogP contribution in [0.25, 0.3) is 0 Å². The van der Waals surface area contributed by atoms with Crippen LogP contribution in [0, 0.1) is 5.92 Å². The second-order valence-electron chi connectivity index (χ2n) is 6.42. The van der Waals surface area contributed by atoms with Crippen LogP contribution in [0.15, 0.2) is 48.5 Å².